The molecule has 0 aromatic carbocycles. The molecule has 9 heteroatoms. The number of amides is 1. The summed E-state index contributed by atoms with van der Waals surface area (Å²) in [5.41, 5.74) is 2.89. The Bertz CT molecular complexity index is 998. The number of nitrogens with zero attached hydrogens (tertiary/aromatic N) is 4. The van der Waals surface area contributed by atoms with Crippen molar-refractivity contribution in [3.05, 3.63) is 41.7 Å². The van der Waals surface area contributed by atoms with E-state index >= 15 is 0 Å². The fourth-order valence-corrected chi connectivity index (χ4v) is 3.95. The van der Waals surface area contributed by atoms with Gasteiger partial charge in [-0.15, -0.1) is 0 Å². The van der Waals surface area contributed by atoms with E-state index in [9.17, 15) is 4.79 Å². The number of anilines is 1. The number of allylic oxidation sites excluding steroid dienone is 2. The molecule has 1 aliphatic heterocycles. The molecule has 3 heterocycles. The molecule has 1 unspecified atom stereocenters. The molecule has 0 saturated heterocycles. The first-order valence-corrected chi connectivity index (χ1v) is 10.7. The van der Waals surface area contributed by atoms with Crippen LogP contribution in [-0.2, 0) is 20.8 Å². The molecule has 0 fully saturated rings. The largest absolute Gasteiger partial charge is 0.495 e. The smallest absolute Gasteiger partial charge is 0.248 e. The van der Waals surface area contributed by atoms with Gasteiger partial charge in [0.2, 0.25) is 5.91 Å². The molecule has 2 bridgehead atoms. The van der Waals surface area contributed by atoms with Crippen molar-refractivity contribution >= 4 is 22.8 Å². The predicted octanol–water partition coefficient (Wildman–Crippen LogP) is 2.26. The highest BCUT2D eigenvalue weighted by atomic mass is 16.5. The van der Waals surface area contributed by atoms with Gasteiger partial charge in [0.25, 0.3) is 0 Å². The number of fused-ring (bicyclic) bond motifs is 2. The highest BCUT2D eigenvalue weighted by Crippen LogP contribution is 2.29. The van der Waals surface area contributed by atoms with Crippen LogP contribution in [0.25, 0.3) is 11.0 Å². The van der Waals surface area contributed by atoms with Gasteiger partial charge in [-0.2, -0.15) is 0 Å². The fraction of sp³-hybridized carbons (Fsp3) is 0.500. The molecule has 9 nitrogen and oxygen atoms in total. The Morgan fingerprint density at radius 3 is 2.97 bits per heavy atom. The number of aromatic amines is 1. The second-order valence-corrected chi connectivity index (χ2v) is 7.99. The molecule has 166 valence electrons. The molecule has 2 aliphatic rings. The zero-order chi connectivity index (χ0) is 21.8. The van der Waals surface area contributed by atoms with Crippen molar-refractivity contribution in [1.82, 2.24) is 24.8 Å². The molecule has 2 N–H and O–H groups in total. The Kier molecular flexibility index (Phi) is 6.53. The summed E-state index contributed by atoms with van der Waals surface area (Å²) in [5.74, 6) is 1.47. The molecule has 1 aliphatic carbocycles. The zero-order valence-electron chi connectivity index (χ0n) is 18.4. The summed E-state index contributed by atoms with van der Waals surface area (Å²) in [7, 11) is 3.91. The lowest BCUT2D eigenvalue weighted by Gasteiger charge is -2.27. The third-order valence-corrected chi connectivity index (χ3v) is 5.62. The molecule has 1 amide bonds. The number of ether oxygens (including phenoxy) is 2. The maximum atomic E-state index is 12.5. The summed E-state index contributed by atoms with van der Waals surface area (Å²) in [6.07, 6.45) is 8.55. The van der Waals surface area contributed by atoms with E-state index in [1.165, 1.54) is 0 Å². The van der Waals surface area contributed by atoms with Crippen molar-refractivity contribution in [2.75, 3.05) is 45.7 Å². The van der Waals surface area contributed by atoms with Crippen LogP contribution in [0.15, 0.2) is 36.1 Å². The van der Waals surface area contributed by atoms with Gasteiger partial charge in [0, 0.05) is 38.5 Å². The van der Waals surface area contributed by atoms with Crippen molar-refractivity contribution in [3.8, 4) is 0 Å². The van der Waals surface area contributed by atoms with Gasteiger partial charge in [-0.05, 0) is 44.7 Å². The van der Waals surface area contributed by atoms with Crippen LogP contribution in [0.3, 0.4) is 0 Å². The van der Waals surface area contributed by atoms with Crippen LogP contribution < -0.4 is 5.32 Å². The lowest BCUT2D eigenvalue weighted by atomic mass is 10.1. The second-order valence-electron chi connectivity index (χ2n) is 7.99. The van der Waals surface area contributed by atoms with E-state index in [0.717, 1.165) is 53.4 Å². The van der Waals surface area contributed by atoms with Gasteiger partial charge in [0.1, 0.15) is 36.3 Å². The van der Waals surface area contributed by atoms with Crippen LogP contribution in [0, 0.1) is 0 Å². The first-order valence-electron chi connectivity index (χ1n) is 10.7. The highest BCUT2D eigenvalue weighted by molar-refractivity contribution is 5.91. The summed E-state index contributed by atoms with van der Waals surface area (Å²) in [6, 6.07) is 0. The fourth-order valence-electron chi connectivity index (χ4n) is 3.95. The molecule has 0 radical (unpaired) electrons. The van der Waals surface area contributed by atoms with Gasteiger partial charge in [-0.25, -0.2) is 9.97 Å². The molecule has 31 heavy (non-hydrogen) atoms. The molecule has 0 saturated carbocycles. The average molecular weight is 427 g/mol. The minimum Gasteiger partial charge on any atom is -0.495 e. The molecular weight excluding hydrogens is 396 g/mol. The van der Waals surface area contributed by atoms with Gasteiger partial charge in [-0.1, -0.05) is 0 Å². The second kappa shape index (κ2) is 9.49. The van der Waals surface area contributed by atoms with E-state index < -0.39 is 0 Å². The van der Waals surface area contributed by atoms with Crippen molar-refractivity contribution in [2.45, 2.75) is 32.4 Å². The maximum Gasteiger partial charge on any atom is 0.248 e. The van der Waals surface area contributed by atoms with E-state index in [1.54, 1.807) is 11.2 Å². The summed E-state index contributed by atoms with van der Waals surface area (Å²) in [4.78, 5) is 28.7. The Balaban J connectivity index is 1.68. The van der Waals surface area contributed by atoms with Crippen LogP contribution in [0.1, 0.15) is 25.3 Å². The van der Waals surface area contributed by atoms with E-state index in [1.807, 2.05) is 32.3 Å². The Hall–Kier alpha value is -2.91. The van der Waals surface area contributed by atoms with Crippen LogP contribution in [0.4, 0.5) is 5.82 Å². The molecule has 2 aromatic heterocycles. The quantitative estimate of drug-likeness (QED) is 0.760. The van der Waals surface area contributed by atoms with Gasteiger partial charge in [-0.3, -0.25) is 4.79 Å². The number of H-pyrrole nitrogens is 1. The van der Waals surface area contributed by atoms with Crippen molar-refractivity contribution < 1.29 is 14.3 Å². The van der Waals surface area contributed by atoms with Crippen molar-refractivity contribution in [2.24, 2.45) is 0 Å². The average Bonchev–Trinajstić information content (AvgIpc) is 3.16. The number of hydrogen-bond donors (Lipinski definition) is 2. The Morgan fingerprint density at radius 1 is 1.26 bits per heavy atom. The van der Waals surface area contributed by atoms with Gasteiger partial charge in [0.15, 0.2) is 0 Å². The summed E-state index contributed by atoms with van der Waals surface area (Å²) >= 11 is 0. The minimum absolute atomic E-state index is 0.0222. The van der Waals surface area contributed by atoms with E-state index in [4.69, 9.17) is 9.47 Å². The van der Waals surface area contributed by atoms with E-state index in [2.05, 4.69) is 32.2 Å². The number of hydrogen-bond acceptors (Lipinski definition) is 7. The maximum absolute atomic E-state index is 12.5. The highest BCUT2D eigenvalue weighted by Gasteiger charge is 2.25. The van der Waals surface area contributed by atoms with Gasteiger partial charge >= 0.3 is 0 Å². The molecular formula is C22H30N6O3. The minimum atomic E-state index is -0.327. The lowest BCUT2D eigenvalue weighted by molar-refractivity contribution is -0.137. The summed E-state index contributed by atoms with van der Waals surface area (Å²) in [6.45, 7) is 4.82. The first kappa shape index (κ1) is 21.3. The van der Waals surface area contributed by atoms with Crippen LogP contribution in [0.5, 0.6) is 0 Å². The number of likely N-dealkylation sites (N-methyl/N-ethyl adjacent to an activating group) is 1. The molecule has 2 aromatic rings. The third-order valence-electron chi connectivity index (χ3n) is 5.62. The summed E-state index contributed by atoms with van der Waals surface area (Å²) < 4.78 is 11.7. The van der Waals surface area contributed by atoms with Crippen LogP contribution >= 0.6 is 0 Å². The molecule has 4 rings (SSSR count). The van der Waals surface area contributed by atoms with Gasteiger partial charge in [0.05, 0.1) is 12.0 Å². The molecule has 1 atom stereocenters. The number of carbonyl (C=O) groups excluding carboxylic acids is 1. The normalized spacial score (nSPS) is 21.5. The van der Waals surface area contributed by atoms with Crippen molar-refractivity contribution in [3.63, 3.8) is 0 Å². The van der Waals surface area contributed by atoms with Crippen LogP contribution in [-0.4, -0.2) is 77.2 Å². The van der Waals surface area contributed by atoms with E-state index in [-0.39, 0.29) is 18.6 Å². The number of nitrogens with one attached hydrogen (secondary N) is 2. The number of aromatic nitrogens is 3. The zero-order valence-corrected chi connectivity index (χ0v) is 18.4. The Labute approximate surface area is 182 Å². The Morgan fingerprint density at radius 2 is 2.13 bits per heavy atom. The number of rotatable bonds is 2. The topological polar surface area (TPSA) is 95.6 Å². The monoisotopic (exact) mass is 426 g/mol. The van der Waals surface area contributed by atoms with Crippen molar-refractivity contribution in [1.29, 1.82) is 0 Å². The number of carbonyl (C=O) groups is 1. The third kappa shape index (κ3) is 4.88. The first-order chi connectivity index (χ1) is 15.0. The lowest BCUT2D eigenvalue weighted by Crippen LogP contribution is -2.35. The van der Waals surface area contributed by atoms with E-state index in [0.29, 0.717) is 19.6 Å². The molecule has 0 spiro atoms. The van der Waals surface area contributed by atoms with Crippen LogP contribution in [0.2, 0.25) is 0 Å². The van der Waals surface area contributed by atoms with Gasteiger partial charge < -0.3 is 29.6 Å². The predicted molar refractivity (Wildman–Crippen MR) is 118 cm³/mol. The summed E-state index contributed by atoms with van der Waals surface area (Å²) in [5, 5.41) is 4.45. The standard InChI is InChI=1S/C22H30N6O3/c1-4-30-17-7-6-16-10-18(17)31-13-19(29)28(3)9-5-8-27(2)12-15-11-23-21-20(15)22(26-16)25-14-24-21/h6-7,11,14,18H,4-5,8-10,12-13H2,1-3H3,(H2,23,24,25,26). The SMILES string of the molecule is CCOC1=CC=C2CC1OCC(=O)N(C)CCCN(C)Cc1c[nH]c3ncnc(c13)N2.